The molecule has 0 saturated heterocycles. The molecular formula is C11H12ClN3. The molecule has 1 aromatic heterocycles. The summed E-state index contributed by atoms with van der Waals surface area (Å²) in [6, 6.07) is 7.65. The van der Waals surface area contributed by atoms with Crippen LogP contribution in [0, 0.1) is 0 Å². The molecule has 78 valence electrons. The molecule has 0 spiro atoms. The van der Waals surface area contributed by atoms with Gasteiger partial charge in [-0.1, -0.05) is 23.7 Å². The number of halogens is 1. The molecule has 3 nitrogen and oxygen atoms in total. The molecule has 0 aliphatic carbocycles. The van der Waals surface area contributed by atoms with E-state index in [1.807, 2.05) is 24.3 Å². The van der Waals surface area contributed by atoms with E-state index in [1.54, 1.807) is 6.33 Å². The van der Waals surface area contributed by atoms with Gasteiger partial charge < -0.3 is 10.7 Å². The monoisotopic (exact) mass is 221 g/mol. The van der Waals surface area contributed by atoms with Crippen LogP contribution in [-0.2, 0) is 6.42 Å². The van der Waals surface area contributed by atoms with E-state index in [4.69, 9.17) is 17.3 Å². The van der Waals surface area contributed by atoms with Crippen LogP contribution in [0.15, 0.2) is 30.6 Å². The molecule has 0 amide bonds. The minimum atomic E-state index is 0.607. The van der Waals surface area contributed by atoms with Crippen molar-refractivity contribution in [1.82, 2.24) is 9.97 Å². The molecule has 0 saturated carbocycles. The normalized spacial score (nSPS) is 10.5. The van der Waals surface area contributed by atoms with Crippen molar-refractivity contribution in [1.29, 1.82) is 0 Å². The number of hydrogen-bond donors (Lipinski definition) is 2. The van der Waals surface area contributed by atoms with Gasteiger partial charge in [0.25, 0.3) is 0 Å². The maximum atomic E-state index is 5.93. The number of H-pyrrole nitrogens is 1. The predicted molar refractivity (Wildman–Crippen MR) is 61.8 cm³/mol. The fourth-order valence-corrected chi connectivity index (χ4v) is 1.73. The quantitative estimate of drug-likeness (QED) is 0.835. The van der Waals surface area contributed by atoms with Gasteiger partial charge in [0.05, 0.1) is 12.0 Å². The van der Waals surface area contributed by atoms with Crippen LogP contribution in [0.3, 0.4) is 0 Å². The molecule has 1 aromatic carbocycles. The Kier molecular flexibility index (Phi) is 3.04. The highest BCUT2D eigenvalue weighted by Crippen LogP contribution is 2.23. The van der Waals surface area contributed by atoms with Gasteiger partial charge in [-0.3, -0.25) is 0 Å². The lowest BCUT2D eigenvalue weighted by atomic mass is 10.1. The van der Waals surface area contributed by atoms with Gasteiger partial charge in [-0.2, -0.15) is 0 Å². The van der Waals surface area contributed by atoms with Crippen molar-refractivity contribution in [3.05, 3.63) is 41.3 Å². The zero-order chi connectivity index (χ0) is 10.7. The number of rotatable bonds is 3. The largest absolute Gasteiger partial charge is 0.348 e. The molecule has 2 aromatic rings. The first-order valence-corrected chi connectivity index (χ1v) is 5.17. The third kappa shape index (κ3) is 2.19. The first kappa shape index (κ1) is 10.2. The first-order chi connectivity index (χ1) is 7.31. The molecule has 3 N–H and O–H groups in total. The van der Waals surface area contributed by atoms with E-state index in [9.17, 15) is 0 Å². The number of nitrogens with zero attached hydrogens (tertiary/aromatic N) is 1. The van der Waals surface area contributed by atoms with E-state index in [-0.39, 0.29) is 0 Å². The van der Waals surface area contributed by atoms with Gasteiger partial charge in [0.15, 0.2) is 0 Å². The highest BCUT2D eigenvalue weighted by Gasteiger charge is 2.07. The SMILES string of the molecule is NCCc1[nH]cnc1-c1cccc(Cl)c1. The molecule has 0 radical (unpaired) electrons. The topological polar surface area (TPSA) is 54.7 Å². The zero-order valence-electron chi connectivity index (χ0n) is 8.20. The van der Waals surface area contributed by atoms with Crippen LogP contribution < -0.4 is 5.73 Å². The average molecular weight is 222 g/mol. The molecule has 1 heterocycles. The Balaban J connectivity index is 2.40. The number of aromatic amines is 1. The predicted octanol–water partition coefficient (Wildman–Crippen LogP) is 2.23. The highest BCUT2D eigenvalue weighted by molar-refractivity contribution is 6.30. The molecule has 0 atom stereocenters. The van der Waals surface area contributed by atoms with Gasteiger partial charge in [0.2, 0.25) is 0 Å². The summed E-state index contributed by atoms with van der Waals surface area (Å²) in [5, 5.41) is 0.717. The summed E-state index contributed by atoms with van der Waals surface area (Å²) in [6.45, 7) is 0.607. The van der Waals surface area contributed by atoms with Gasteiger partial charge in [0, 0.05) is 22.7 Å². The summed E-state index contributed by atoms with van der Waals surface area (Å²) in [7, 11) is 0. The van der Waals surface area contributed by atoms with Crippen molar-refractivity contribution >= 4 is 11.6 Å². The van der Waals surface area contributed by atoms with Crippen molar-refractivity contribution in [2.45, 2.75) is 6.42 Å². The lowest BCUT2D eigenvalue weighted by molar-refractivity contribution is 0.937. The van der Waals surface area contributed by atoms with Crippen LogP contribution in [0.25, 0.3) is 11.3 Å². The van der Waals surface area contributed by atoms with E-state index < -0.39 is 0 Å². The van der Waals surface area contributed by atoms with Gasteiger partial charge >= 0.3 is 0 Å². The van der Waals surface area contributed by atoms with Gasteiger partial charge in [0.1, 0.15) is 0 Å². The van der Waals surface area contributed by atoms with E-state index in [0.717, 1.165) is 23.4 Å². The van der Waals surface area contributed by atoms with E-state index >= 15 is 0 Å². The van der Waals surface area contributed by atoms with Crippen molar-refractivity contribution in [3.8, 4) is 11.3 Å². The minimum Gasteiger partial charge on any atom is -0.348 e. The molecule has 0 unspecified atom stereocenters. The number of imidazole rings is 1. The number of nitrogens with two attached hydrogens (primary N) is 1. The van der Waals surface area contributed by atoms with E-state index in [2.05, 4.69) is 9.97 Å². The number of nitrogens with one attached hydrogen (secondary N) is 1. The van der Waals surface area contributed by atoms with Crippen molar-refractivity contribution < 1.29 is 0 Å². The Bertz CT molecular complexity index is 451. The standard InChI is InChI=1S/C11H12ClN3/c12-9-3-1-2-8(6-9)11-10(4-5-13)14-7-15-11/h1-3,6-7H,4-5,13H2,(H,14,15). The fourth-order valence-electron chi connectivity index (χ4n) is 1.54. The van der Waals surface area contributed by atoms with E-state index in [1.165, 1.54) is 0 Å². The van der Waals surface area contributed by atoms with E-state index in [0.29, 0.717) is 11.6 Å². The Morgan fingerprint density at radius 2 is 2.27 bits per heavy atom. The first-order valence-electron chi connectivity index (χ1n) is 4.79. The smallest absolute Gasteiger partial charge is 0.0929 e. The van der Waals surface area contributed by atoms with Crippen LogP contribution in [0.1, 0.15) is 5.69 Å². The lowest BCUT2D eigenvalue weighted by Crippen LogP contribution is -2.03. The number of aromatic nitrogens is 2. The second kappa shape index (κ2) is 4.47. The number of hydrogen-bond acceptors (Lipinski definition) is 2. The Hall–Kier alpha value is -1.32. The van der Waals surface area contributed by atoms with Crippen LogP contribution in [0.5, 0.6) is 0 Å². The Labute approximate surface area is 93.3 Å². The molecule has 15 heavy (non-hydrogen) atoms. The lowest BCUT2D eigenvalue weighted by Gasteiger charge is -2.01. The summed E-state index contributed by atoms with van der Waals surface area (Å²) in [5.74, 6) is 0. The van der Waals surface area contributed by atoms with Crippen LogP contribution in [0.2, 0.25) is 5.02 Å². The van der Waals surface area contributed by atoms with Crippen LogP contribution in [0.4, 0.5) is 0 Å². The molecule has 0 aliphatic heterocycles. The summed E-state index contributed by atoms with van der Waals surface area (Å²) in [6.07, 6.45) is 2.48. The minimum absolute atomic E-state index is 0.607. The van der Waals surface area contributed by atoms with Crippen LogP contribution in [-0.4, -0.2) is 16.5 Å². The molecule has 4 heteroatoms. The molecule has 0 bridgehead atoms. The van der Waals surface area contributed by atoms with Crippen molar-refractivity contribution in [2.24, 2.45) is 5.73 Å². The fraction of sp³-hybridized carbons (Fsp3) is 0.182. The molecule has 0 aliphatic rings. The molecular weight excluding hydrogens is 210 g/mol. The van der Waals surface area contributed by atoms with Gasteiger partial charge in [-0.05, 0) is 18.7 Å². The third-order valence-electron chi connectivity index (χ3n) is 2.21. The highest BCUT2D eigenvalue weighted by atomic mass is 35.5. The summed E-state index contributed by atoms with van der Waals surface area (Å²) < 4.78 is 0. The Morgan fingerprint density at radius 3 is 3.00 bits per heavy atom. The summed E-state index contributed by atoms with van der Waals surface area (Å²) >= 11 is 5.93. The maximum Gasteiger partial charge on any atom is 0.0929 e. The third-order valence-corrected chi connectivity index (χ3v) is 2.45. The van der Waals surface area contributed by atoms with Gasteiger partial charge in [-0.25, -0.2) is 4.98 Å². The zero-order valence-corrected chi connectivity index (χ0v) is 8.96. The molecule has 0 fully saturated rings. The van der Waals surface area contributed by atoms with Crippen molar-refractivity contribution in [3.63, 3.8) is 0 Å². The van der Waals surface area contributed by atoms with Crippen molar-refractivity contribution in [2.75, 3.05) is 6.54 Å². The summed E-state index contributed by atoms with van der Waals surface area (Å²) in [4.78, 5) is 7.37. The Morgan fingerprint density at radius 1 is 1.40 bits per heavy atom. The second-order valence-electron chi connectivity index (χ2n) is 3.28. The summed E-state index contributed by atoms with van der Waals surface area (Å²) in [5.41, 5.74) is 8.53. The second-order valence-corrected chi connectivity index (χ2v) is 3.72. The maximum absolute atomic E-state index is 5.93. The van der Waals surface area contributed by atoms with Crippen LogP contribution >= 0.6 is 11.6 Å². The number of benzene rings is 1. The average Bonchev–Trinajstić information content (AvgIpc) is 2.66. The van der Waals surface area contributed by atoms with Gasteiger partial charge in [-0.15, -0.1) is 0 Å². The molecule has 2 rings (SSSR count).